The van der Waals surface area contributed by atoms with Crippen molar-refractivity contribution in [1.82, 2.24) is 0 Å². The third kappa shape index (κ3) is 3.48. The van der Waals surface area contributed by atoms with Crippen LogP contribution in [0.15, 0.2) is 46.9 Å². The number of ether oxygens (including phenoxy) is 1. The van der Waals surface area contributed by atoms with Crippen LogP contribution in [0.2, 0.25) is 0 Å². The highest BCUT2D eigenvalue weighted by atomic mass is 79.9. The number of hydrogen-bond donors (Lipinski definition) is 2. The number of nitrogens with one attached hydrogen (secondary N) is 2. The summed E-state index contributed by atoms with van der Waals surface area (Å²) in [6, 6.07) is 10.6. The van der Waals surface area contributed by atoms with E-state index in [1.165, 1.54) is 25.3 Å². The van der Waals surface area contributed by atoms with E-state index in [0.29, 0.717) is 21.6 Å². The molecule has 0 saturated heterocycles. The van der Waals surface area contributed by atoms with E-state index in [-0.39, 0.29) is 0 Å². The van der Waals surface area contributed by atoms with Crippen molar-refractivity contribution in [2.75, 3.05) is 17.7 Å². The van der Waals surface area contributed by atoms with E-state index < -0.39 is 11.8 Å². The highest BCUT2D eigenvalue weighted by Crippen LogP contribution is 2.25. The molecule has 0 radical (unpaired) electrons. The number of hydrogen-bond acceptors (Lipinski definition) is 2. The van der Waals surface area contributed by atoms with Crippen molar-refractivity contribution in [3.05, 3.63) is 52.8 Å². The van der Waals surface area contributed by atoms with Crippen LogP contribution in [0.25, 0.3) is 0 Å². The molecule has 0 aliphatic rings. The van der Waals surface area contributed by atoms with Crippen LogP contribution in [0.3, 0.4) is 0 Å². The monoisotopic (exact) mass is 338 g/mol. The molecule has 0 atom stereocenters. The first-order chi connectivity index (χ1) is 9.60. The average Bonchev–Trinajstić information content (AvgIpc) is 2.43. The lowest BCUT2D eigenvalue weighted by Gasteiger charge is -2.11. The topological polar surface area (TPSA) is 50.4 Å². The summed E-state index contributed by atoms with van der Waals surface area (Å²) in [5.74, 6) is 0.113. The van der Waals surface area contributed by atoms with Gasteiger partial charge in [0.2, 0.25) is 0 Å². The number of urea groups is 1. The van der Waals surface area contributed by atoms with Gasteiger partial charge in [0.1, 0.15) is 11.6 Å². The van der Waals surface area contributed by atoms with Gasteiger partial charge in [-0.1, -0.05) is 12.1 Å². The molecule has 0 aliphatic heterocycles. The summed E-state index contributed by atoms with van der Waals surface area (Å²) in [5.41, 5.74) is 0.873. The maximum Gasteiger partial charge on any atom is 0.323 e. The lowest BCUT2D eigenvalue weighted by atomic mass is 10.3. The first-order valence-corrected chi connectivity index (χ1v) is 6.55. The maximum absolute atomic E-state index is 13.1. The van der Waals surface area contributed by atoms with Gasteiger partial charge in [-0.25, -0.2) is 9.18 Å². The lowest BCUT2D eigenvalue weighted by molar-refractivity contribution is 0.262. The summed E-state index contributed by atoms with van der Waals surface area (Å²) in [5, 5.41) is 5.20. The first kappa shape index (κ1) is 14.3. The molecule has 4 nitrogen and oxygen atoms in total. The predicted octanol–water partition coefficient (Wildman–Crippen LogP) is 4.24. The number of anilines is 2. The number of methoxy groups -OCH3 is 1. The summed E-state index contributed by atoms with van der Waals surface area (Å²) >= 11 is 3.24. The summed E-state index contributed by atoms with van der Waals surface area (Å²) in [6.45, 7) is 0. The van der Waals surface area contributed by atoms with Crippen LogP contribution in [0.1, 0.15) is 0 Å². The normalized spacial score (nSPS) is 9.95. The summed E-state index contributed by atoms with van der Waals surface area (Å²) in [4.78, 5) is 11.9. The van der Waals surface area contributed by atoms with Gasteiger partial charge in [0, 0.05) is 4.47 Å². The van der Waals surface area contributed by atoms with Crippen LogP contribution in [0.5, 0.6) is 5.75 Å². The van der Waals surface area contributed by atoms with Gasteiger partial charge in [0.05, 0.1) is 18.5 Å². The quantitative estimate of drug-likeness (QED) is 0.879. The third-order valence-electron chi connectivity index (χ3n) is 2.53. The van der Waals surface area contributed by atoms with Gasteiger partial charge < -0.3 is 15.4 Å². The highest BCUT2D eigenvalue weighted by Gasteiger charge is 2.09. The van der Waals surface area contributed by atoms with Crippen LogP contribution in [0.4, 0.5) is 20.6 Å². The molecular weight excluding hydrogens is 327 g/mol. The summed E-state index contributed by atoms with van der Waals surface area (Å²) in [6.07, 6.45) is 0. The van der Waals surface area contributed by atoms with Crippen molar-refractivity contribution in [3.63, 3.8) is 0 Å². The molecule has 0 unspecified atom stereocenters. The molecule has 0 fully saturated rings. The molecule has 0 bridgehead atoms. The first-order valence-electron chi connectivity index (χ1n) is 5.76. The fourth-order valence-electron chi connectivity index (χ4n) is 1.62. The van der Waals surface area contributed by atoms with E-state index >= 15 is 0 Å². The van der Waals surface area contributed by atoms with Crippen LogP contribution in [-0.2, 0) is 0 Å². The second kappa shape index (κ2) is 6.38. The molecule has 0 aliphatic carbocycles. The Hall–Kier alpha value is -2.08. The van der Waals surface area contributed by atoms with Crippen LogP contribution in [0, 0.1) is 5.82 Å². The highest BCUT2D eigenvalue weighted by molar-refractivity contribution is 9.10. The minimum atomic E-state index is -0.485. The van der Waals surface area contributed by atoms with Gasteiger partial charge in [-0.05, 0) is 46.3 Å². The second-order valence-electron chi connectivity index (χ2n) is 3.90. The molecule has 104 valence electrons. The fourth-order valence-corrected chi connectivity index (χ4v) is 1.96. The number of rotatable bonds is 3. The molecule has 2 rings (SSSR count). The van der Waals surface area contributed by atoms with E-state index in [0.717, 1.165) is 0 Å². The summed E-state index contributed by atoms with van der Waals surface area (Å²) < 4.78 is 18.8. The Morgan fingerprint density at radius 3 is 2.60 bits per heavy atom. The van der Waals surface area contributed by atoms with Crippen LogP contribution in [-0.4, -0.2) is 13.1 Å². The minimum absolute atomic E-state index is 0.345. The molecule has 0 aromatic heterocycles. The Morgan fingerprint density at radius 1 is 1.15 bits per heavy atom. The molecule has 2 aromatic rings. The molecule has 0 spiro atoms. The third-order valence-corrected chi connectivity index (χ3v) is 3.22. The minimum Gasteiger partial charge on any atom is -0.495 e. The van der Waals surface area contributed by atoms with E-state index in [1.807, 2.05) is 0 Å². The van der Waals surface area contributed by atoms with Gasteiger partial charge in [-0.2, -0.15) is 0 Å². The van der Waals surface area contributed by atoms with Crippen molar-refractivity contribution in [3.8, 4) is 5.75 Å². The molecule has 0 heterocycles. The molecule has 6 heteroatoms. The van der Waals surface area contributed by atoms with Crippen molar-refractivity contribution >= 4 is 33.3 Å². The van der Waals surface area contributed by atoms with Gasteiger partial charge in [0.15, 0.2) is 0 Å². The van der Waals surface area contributed by atoms with Gasteiger partial charge in [-0.3, -0.25) is 0 Å². The van der Waals surface area contributed by atoms with Gasteiger partial charge in [-0.15, -0.1) is 0 Å². The maximum atomic E-state index is 13.1. The number of para-hydroxylation sites is 2. The predicted molar refractivity (Wildman–Crippen MR) is 79.7 cm³/mol. The van der Waals surface area contributed by atoms with E-state index in [9.17, 15) is 9.18 Å². The van der Waals surface area contributed by atoms with E-state index in [1.54, 1.807) is 24.3 Å². The molecule has 2 amide bonds. The van der Waals surface area contributed by atoms with E-state index in [2.05, 4.69) is 26.6 Å². The lowest BCUT2D eigenvalue weighted by Crippen LogP contribution is -2.20. The van der Waals surface area contributed by atoms with Crippen molar-refractivity contribution in [1.29, 1.82) is 0 Å². The SMILES string of the molecule is COc1ccccc1NC(=O)Nc1cc(F)ccc1Br. The Labute approximate surface area is 124 Å². The Kier molecular flexibility index (Phi) is 4.57. The zero-order valence-corrected chi connectivity index (χ0v) is 12.2. The second-order valence-corrected chi connectivity index (χ2v) is 4.76. The Morgan fingerprint density at radius 2 is 1.85 bits per heavy atom. The number of benzene rings is 2. The fraction of sp³-hybridized carbons (Fsp3) is 0.0714. The summed E-state index contributed by atoms with van der Waals surface area (Å²) in [7, 11) is 1.52. The smallest absolute Gasteiger partial charge is 0.323 e. The number of amides is 2. The molecule has 0 saturated carbocycles. The largest absolute Gasteiger partial charge is 0.495 e. The molecule has 2 aromatic carbocycles. The van der Waals surface area contributed by atoms with Crippen molar-refractivity contribution in [2.45, 2.75) is 0 Å². The van der Waals surface area contributed by atoms with E-state index in [4.69, 9.17) is 4.74 Å². The zero-order valence-electron chi connectivity index (χ0n) is 10.6. The molecular formula is C14H12BrFN2O2. The van der Waals surface area contributed by atoms with Gasteiger partial charge in [0.25, 0.3) is 0 Å². The van der Waals surface area contributed by atoms with Crippen molar-refractivity contribution in [2.24, 2.45) is 0 Å². The van der Waals surface area contributed by atoms with Gasteiger partial charge >= 0.3 is 6.03 Å². The van der Waals surface area contributed by atoms with Crippen LogP contribution < -0.4 is 15.4 Å². The Balaban J connectivity index is 2.11. The number of halogens is 2. The molecule has 20 heavy (non-hydrogen) atoms. The van der Waals surface area contributed by atoms with Crippen molar-refractivity contribution < 1.29 is 13.9 Å². The standard InChI is InChI=1S/C14H12BrFN2O2/c1-20-13-5-3-2-4-11(13)17-14(19)18-12-8-9(16)6-7-10(12)15/h2-8H,1H3,(H2,17,18,19). The average molecular weight is 339 g/mol. The number of carbonyl (C=O) groups excluding carboxylic acids is 1. The Bertz CT molecular complexity index is 634. The molecule has 2 N–H and O–H groups in total. The van der Waals surface area contributed by atoms with Crippen LogP contribution >= 0.6 is 15.9 Å². The number of carbonyl (C=O) groups is 1. The zero-order chi connectivity index (χ0) is 14.5.